The van der Waals surface area contributed by atoms with Gasteiger partial charge in [0, 0.05) is 12.2 Å². The van der Waals surface area contributed by atoms with E-state index in [1.807, 2.05) is 24.3 Å². The van der Waals surface area contributed by atoms with E-state index >= 15 is 0 Å². The Kier molecular flexibility index (Phi) is 5.90. The molecule has 2 unspecified atom stereocenters. The largest absolute Gasteiger partial charge is 0.482 e. The van der Waals surface area contributed by atoms with Crippen LogP contribution in [0.25, 0.3) is 0 Å². The number of benzene rings is 1. The molecule has 1 N–H and O–H groups in total. The summed E-state index contributed by atoms with van der Waals surface area (Å²) in [6.45, 7) is 3.33. The van der Waals surface area contributed by atoms with E-state index in [-0.39, 0.29) is 12.6 Å². The minimum atomic E-state index is -0.372. The van der Waals surface area contributed by atoms with Crippen LogP contribution in [0.5, 0.6) is 5.75 Å². The third kappa shape index (κ3) is 5.29. The predicted octanol–water partition coefficient (Wildman–Crippen LogP) is 3.48. The van der Waals surface area contributed by atoms with Crippen LogP contribution in [0.15, 0.2) is 24.3 Å². The highest BCUT2D eigenvalue weighted by Gasteiger charge is 2.18. The highest BCUT2D eigenvalue weighted by Crippen LogP contribution is 2.28. The molecule has 0 amide bonds. The molecule has 0 heterocycles. The first-order valence-electron chi connectivity index (χ1n) is 7.71. The van der Waals surface area contributed by atoms with Crippen LogP contribution in [0.2, 0.25) is 0 Å². The maximum absolute atomic E-state index is 11.0. The average Bonchev–Trinajstić information content (AvgIpc) is 2.51. The fourth-order valence-electron chi connectivity index (χ4n) is 2.88. The summed E-state index contributed by atoms with van der Waals surface area (Å²) in [5, 5.41) is 3.49. The Hall–Kier alpha value is -1.71. The minimum absolute atomic E-state index is 0.0523. The van der Waals surface area contributed by atoms with E-state index in [2.05, 4.69) is 17.0 Å². The fraction of sp³-hybridized carbons (Fsp3) is 0.588. The maximum Gasteiger partial charge on any atom is 0.343 e. The summed E-state index contributed by atoms with van der Waals surface area (Å²) >= 11 is 0. The molecule has 2 atom stereocenters. The molecule has 0 spiro atoms. The van der Waals surface area contributed by atoms with Gasteiger partial charge in [0.25, 0.3) is 0 Å². The first-order chi connectivity index (χ1) is 10.2. The molecule has 1 saturated carbocycles. The molecular weight excluding hydrogens is 266 g/mol. The molecule has 0 aliphatic heterocycles. The van der Waals surface area contributed by atoms with Crippen molar-refractivity contribution < 1.29 is 14.3 Å². The molecule has 1 aliphatic rings. The van der Waals surface area contributed by atoms with E-state index in [9.17, 15) is 4.79 Å². The van der Waals surface area contributed by atoms with Gasteiger partial charge in [-0.25, -0.2) is 4.79 Å². The van der Waals surface area contributed by atoms with Crippen LogP contribution in [-0.2, 0) is 9.53 Å². The van der Waals surface area contributed by atoms with Crippen molar-refractivity contribution in [3.63, 3.8) is 0 Å². The van der Waals surface area contributed by atoms with Gasteiger partial charge in [0.05, 0.1) is 7.11 Å². The lowest BCUT2D eigenvalue weighted by molar-refractivity contribution is -0.142. The van der Waals surface area contributed by atoms with E-state index in [0.717, 1.165) is 24.1 Å². The zero-order valence-electron chi connectivity index (χ0n) is 12.9. The SMILES string of the molecule is COC(=O)COc1ccc(NCC2CCCC(C)C2)cc1. The molecule has 1 fully saturated rings. The molecule has 4 nitrogen and oxygen atoms in total. The van der Waals surface area contributed by atoms with E-state index in [0.29, 0.717) is 5.75 Å². The van der Waals surface area contributed by atoms with Gasteiger partial charge in [-0.05, 0) is 48.9 Å². The molecular formula is C17H25NO3. The van der Waals surface area contributed by atoms with Crippen LogP contribution in [0.4, 0.5) is 5.69 Å². The minimum Gasteiger partial charge on any atom is -0.482 e. The van der Waals surface area contributed by atoms with Gasteiger partial charge in [-0.15, -0.1) is 0 Å². The second-order valence-electron chi connectivity index (χ2n) is 5.91. The lowest BCUT2D eigenvalue weighted by Crippen LogP contribution is -2.20. The van der Waals surface area contributed by atoms with Crippen LogP contribution < -0.4 is 10.1 Å². The number of hydrogen-bond acceptors (Lipinski definition) is 4. The van der Waals surface area contributed by atoms with Gasteiger partial charge in [0.15, 0.2) is 6.61 Å². The van der Waals surface area contributed by atoms with Gasteiger partial charge >= 0.3 is 5.97 Å². The number of anilines is 1. The van der Waals surface area contributed by atoms with Crippen LogP contribution in [0, 0.1) is 11.8 Å². The molecule has 1 aromatic carbocycles. The van der Waals surface area contributed by atoms with Crippen molar-refractivity contribution in [3.8, 4) is 5.75 Å². The Bertz CT molecular complexity index is 444. The summed E-state index contributed by atoms with van der Waals surface area (Å²) in [6.07, 6.45) is 5.39. The Balaban J connectivity index is 1.75. The molecule has 2 rings (SSSR count). The highest BCUT2D eigenvalue weighted by molar-refractivity contribution is 5.70. The van der Waals surface area contributed by atoms with Gasteiger partial charge < -0.3 is 14.8 Å². The van der Waals surface area contributed by atoms with Gasteiger partial charge in [-0.1, -0.05) is 19.8 Å². The maximum atomic E-state index is 11.0. The smallest absolute Gasteiger partial charge is 0.343 e. The highest BCUT2D eigenvalue weighted by atomic mass is 16.6. The van der Waals surface area contributed by atoms with Crippen molar-refractivity contribution in [2.75, 3.05) is 25.6 Å². The quantitative estimate of drug-likeness (QED) is 0.815. The van der Waals surface area contributed by atoms with Crippen molar-refractivity contribution in [1.29, 1.82) is 0 Å². The Morgan fingerprint density at radius 2 is 2.05 bits per heavy atom. The Morgan fingerprint density at radius 1 is 1.29 bits per heavy atom. The number of carbonyl (C=O) groups is 1. The van der Waals surface area contributed by atoms with Crippen molar-refractivity contribution >= 4 is 11.7 Å². The molecule has 0 saturated heterocycles. The van der Waals surface area contributed by atoms with Crippen molar-refractivity contribution in [2.45, 2.75) is 32.6 Å². The van der Waals surface area contributed by atoms with Gasteiger partial charge in [0.2, 0.25) is 0 Å². The number of methoxy groups -OCH3 is 1. The lowest BCUT2D eigenvalue weighted by Gasteiger charge is -2.27. The summed E-state index contributed by atoms with van der Waals surface area (Å²) in [4.78, 5) is 11.0. The number of ether oxygens (including phenoxy) is 2. The molecule has 0 aromatic heterocycles. The second-order valence-corrected chi connectivity index (χ2v) is 5.91. The molecule has 116 valence electrons. The first-order valence-corrected chi connectivity index (χ1v) is 7.71. The first kappa shape index (κ1) is 15.7. The molecule has 1 aliphatic carbocycles. The number of rotatable bonds is 6. The summed E-state index contributed by atoms with van der Waals surface area (Å²) in [5.74, 6) is 1.95. The normalized spacial score (nSPS) is 21.6. The van der Waals surface area contributed by atoms with Crippen LogP contribution in [0.1, 0.15) is 32.6 Å². The van der Waals surface area contributed by atoms with E-state index in [4.69, 9.17) is 4.74 Å². The van der Waals surface area contributed by atoms with Crippen molar-refractivity contribution in [1.82, 2.24) is 0 Å². The van der Waals surface area contributed by atoms with Crippen LogP contribution in [-0.4, -0.2) is 26.2 Å². The molecule has 0 radical (unpaired) electrons. The predicted molar refractivity (Wildman–Crippen MR) is 83.6 cm³/mol. The summed E-state index contributed by atoms with van der Waals surface area (Å²) in [6, 6.07) is 7.71. The van der Waals surface area contributed by atoms with Gasteiger partial charge in [-0.3, -0.25) is 0 Å². The molecule has 21 heavy (non-hydrogen) atoms. The third-order valence-corrected chi connectivity index (χ3v) is 4.08. The van der Waals surface area contributed by atoms with Crippen LogP contribution in [0.3, 0.4) is 0 Å². The Labute approximate surface area is 126 Å². The molecule has 4 heteroatoms. The molecule has 1 aromatic rings. The third-order valence-electron chi connectivity index (χ3n) is 4.08. The second kappa shape index (κ2) is 7.91. The summed E-state index contributed by atoms with van der Waals surface area (Å²) < 4.78 is 9.85. The number of hydrogen-bond donors (Lipinski definition) is 1. The zero-order valence-corrected chi connectivity index (χ0v) is 12.9. The standard InChI is InChI=1S/C17H25NO3/c1-13-4-3-5-14(10-13)11-18-15-6-8-16(9-7-15)21-12-17(19)20-2/h6-9,13-14,18H,3-5,10-12H2,1-2H3. The number of carbonyl (C=O) groups excluding carboxylic acids is 1. The van der Waals surface area contributed by atoms with Gasteiger partial charge in [-0.2, -0.15) is 0 Å². The van der Waals surface area contributed by atoms with Crippen molar-refractivity contribution in [3.05, 3.63) is 24.3 Å². The van der Waals surface area contributed by atoms with Gasteiger partial charge in [0.1, 0.15) is 5.75 Å². The van der Waals surface area contributed by atoms with E-state index in [1.54, 1.807) is 0 Å². The summed E-state index contributed by atoms with van der Waals surface area (Å²) in [7, 11) is 1.35. The number of esters is 1. The summed E-state index contributed by atoms with van der Waals surface area (Å²) in [5.41, 5.74) is 1.10. The lowest BCUT2D eigenvalue weighted by atomic mass is 9.82. The molecule has 0 bridgehead atoms. The Morgan fingerprint density at radius 3 is 2.71 bits per heavy atom. The van der Waals surface area contributed by atoms with Crippen molar-refractivity contribution in [2.24, 2.45) is 11.8 Å². The average molecular weight is 291 g/mol. The van der Waals surface area contributed by atoms with E-state index < -0.39 is 0 Å². The topological polar surface area (TPSA) is 47.6 Å². The van der Waals surface area contributed by atoms with E-state index in [1.165, 1.54) is 32.8 Å². The fourth-order valence-corrected chi connectivity index (χ4v) is 2.88. The monoisotopic (exact) mass is 291 g/mol. The zero-order chi connectivity index (χ0) is 15.1. The van der Waals surface area contributed by atoms with Crippen LogP contribution >= 0.6 is 0 Å². The number of nitrogens with one attached hydrogen (secondary N) is 1.